The SMILES string of the molecule is CC(=O)Oc1ccc(C(=O)c2ccc(I)cc2)cc1. The van der Waals surface area contributed by atoms with Crippen molar-refractivity contribution in [2.45, 2.75) is 6.92 Å². The van der Waals surface area contributed by atoms with Gasteiger partial charge in [-0.25, -0.2) is 0 Å². The standard InChI is InChI=1S/C15H11IO3/c1-10(17)19-14-8-4-12(5-9-14)15(18)11-2-6-13(16)7-3-11/h2-9H,1H3. The highest BCUT2D eigenvalue weighted by molar-refractivity contribution is 14.1. The molecule has 0 unspecified atom stereocenters. The molecule has 2 aromatic rings. The van der Waals surface area contributed by atoms with Crippen LogP contribution in [0.5, 0.6) is 5.75 Å². The molecule has 0 spiro atoms. The zero-order valence-electron chi connectivity index (χ0n) is 10.2. The summed E-state index contributed by atoms with van der Waals surface area (Å²) in [7, 11) is 0. The van der Waals surface area contributed by atoms with Crippen LogP contribution in [0.15, 0.2) is 48.5 Å². The molecule has 0 aliphatic heterocycles. The van der Waals surface area contributed by atoms with Gasteiger partial charge in [0, 0.05) is 21.6 Å². The van der Waals surface area contributed by atoms with Gasteiger partial charge in [-0.3, -0.25) is 9.59 Å². The maximum Gasteiger partial charge on any atom is 0.308 e. The smallest absolute Gasteiger partial charge is 0.308 e. The number of carbonyl (C=O) groups is 2. The lowest BCUT2D eigenvalue weighted by atomic mass is 10.0. The zero-order chi connectivity index (χ0) is 13.8. The largest absolute Gasteiger partial charge is 0.427 e. The van der Waals surface area contributed by atoms with Gasteiger partial charge in [-0.05, 0) is 71.1 Å². The molecule has 0 fully saturated rings. The van der Waals surface area contributed by atoms with Gasteiger partial charge in [0.25, 0.3) is 0 Å². The maximum absolute atomic E-state index is 12.2. The number of benzene rings is 2. The van der Waals surface area contributed by atoms with Crippen LogP contribution >= 0.6 is 22.6 Å². The Morgan fingerprint density at radius 2 is 1.37 bits per heavy atom. The number of carbonyl (C=O) groups excluding carboxylic acids is 2. The fourth-order valence-corrected chi connectivity index (χ4v) is 1.97. The lowest BCUT2D eigenvalue weighted by Crippen LogP contribution is -2.03. The fraction of sp³-hybridized carbons (Fsp3) is 0.0667. The number of hydrogen-bond donors (Lipinski definition) is 0. The van der Waals surface area contributed by atoms with Gasteiger partial charge < -0.3 is 4.74 Å². The highest BCUT2D eigenvalue weighted by atomic mass is 127. The monoisotopic (exact) mass is 366 g/mol. The predicted octanol–water partition coefficient (Wildman–Crippen LogP) is 3.45. The summed E-state index contributed by atoms with van der Waals surface area (Å²) in [4.78, 5) is 23.0. The first-order valence-corrected chi connectivity index (χ1v) is 6.73. The molecule has 0 heterocycles. The van der Waals surface area contributed by atoms with E-state index in [4.69, 9.17) is 4.74 Å². The quantitative estimate of drug-likeness (QED) is 0.362. The zero-order valence-corrected chi connectivity index (χ0v) is 12.4. The van der Waals surface area contributed by atoms with Crippen LogP contribution in [0, 0.1) is 3.57 Å². The Hall–Kier alpha value is -1.69. The van der Waals surface area contributed by atoms with Crippen molar-refractivity contribution >= 4 is 34.3 Å². The molecule has 0 aliphatic rings. The second-order valence-electron chi connectivity index (χ2n) is 3.95. The van der Waals surface area contributed by atoms with Crippen LogP contribution < -0.4 is 4.74 Å². The van der Waals surface area contributed by atoms with Crippen LogP contribution in [-0.2, 0) is 4.79 Å². The highest BCUT2D eigenvalue weighted by Gasteiger charge is 2.09. The average molecular weight is 366 g/mol. The van der Waals surface area contributed by atoms with E-state index in [0.717, 1.165) is 3.57 Å². The fourth-order valence-electron chi connectivity index (χ4n) is 1.61. The Kier molecular flexibility index (Phi) is 4.31. The number of halogens is 1. The van der Waals surface area contributed by atoms with Gasteiger partial charge in [0.15, 0.2) is 5.78 Å². The summed E-state index contributed by atoms with van der Waals surface area (Å²) < 4.78 is 6.00. The van der Waals surface area contributed by atoms with Gasteiger partial charge in [0.2, 0.25) is 0 Å². The van der Waals surface area contributed by atoms with Crippen LogP contribution in [0.2, 0.25) is 0 Å². The minimum atomic E-state index is -0.378. The van der Waals surface area contributed by atoms with Gasteiger partial charge >= 0.3 is 5.97 Å². The van der Waals surface area contributed by atoms with E-state index in [1.807, 2.05) is 12.1 Å². The molecule has 19 heavy (non-hydrogen) atoms. The first-order chi connectivity index (χ1) is 9.06. The number of ketones is 1. The van der Waals surface area contributed by atoms with E-state index in [-0.39, 0.29) is 11.8 Å². The van der Waals surface area contributed by atoms with Crippen molar-refractivity contribution in [3.05, 3.63) is 63.2 Å². The molecule has 96 valence electrons. The van der Waals surface area contributed by atoms with Crippen molar-refractivity contribution in [1.82, 2.24) is 0 Å². The van der Waals surface area contributed by atoms with E-state index in [1.54, 1.807) is 36.4 Å². The average Bonchev–Trinajstić information content (AvgIpc) is 2.39. The van der Waals surface area contributed by atoms with Gasteiger partial charge in [-0.1, -0.05) is 0 Å². The molecule has 0 aliphatic carbocycles. The second-order valence-corrected chi connectivity index (χ2v) is 5.20. The molecule has 0 N–H and O–H groups in total. The summed E-state index contributed by atoms with van der Waals surface area (Å²) in [6.45, 7) is 1.34. The summed E-state index contributed by atoms with van der Waals surface area (Å²) in [5, 5.41) is 0. The maximum atomic E-state index is 12.2. The first-order valence-electron chi connectivity index (χ1n) is 5.65. The summed E-state index contributed by atoms with van der Waals surface area (Å²) >= 11 is 2.19. The van der Waals surface area contributed by atoms with Crippen molar-refractivity contribution in [3.63, 3.8) is 0 Å². The number of hydrogen-bond acceptors (Lipinski definition) is 3. The van der Waals surface area contributed by atoms with Crippen LogP contribution in [0.25, 0.3) is 0 Å². The molecular formula is C15H11IO3. The van der Waals surface area contributed by atoms with Crippen LogP contribution in [0.1, 0.15) is 22.8 Å². The van der Waals surface area contributed by atoms with Gasteiger partial charge in [0.05, 0.1) is 0 Å². The predicted molar refractivity (Wildman–Crippen MR) is 80.3 cm³/mol. The summed E-state index contributed by atoms with van der Waals surface area (Å²) in [5.74, 6) is 0.00847. The van der Waals surface area contributed by atoms with Gasteiger partial charge in [0.1, 0.15) is 5.75 Å². The molecule has 0 bridgehead atoms. The topological polar surface area (TPSA) is 43.4 Å². The lowest BCUT2D eigenvalue weighted by molar-refractivity contribution is -0.131. The van der Waals surface area contributed by atoms with Crippen molar-refractivity contribution < 1.29 is 14.3 Å². The van der Waals surface area contributed by atoms with E-state index in [9.17, 15) is 9.59 Å². The highest BCUT2D eigenvalue weighted by Crippen LogP contribution is 2.16. The Balaban J connectivity index is 2.20. The molecule has 3 nitrogen and oxygen atoms in total. The van der Waals surface area contributed by atoms with Gasteiger partial charge in [-0.2, -0.15) is 0 Å². The molecule has 0 atom stereocenters. The molecule has 4 heteroatoms. The lowest BCUT2D eigenvalue weighted by Gasteiger charge is -2.04. The van der Waals surface area contributed by atoms with Crippen molar-refractivity contribution in [3.8, 4) is 5.75 Å². The van der Waals surface area contributed by atoms with Crippen LogP contribution in [0.3, 0.4) is 0 Å². The first kappa shape index (κ1) is 13.7. The number of rotatable bonds is 3. The van der Waals surface area contributed by atoms with Gasteiger partial charge in [-0.15, -0.1) is 0 Å². The molecule has 2 rings (SSSR count). The van der Waals surface area contributed by atoms with Crippen molar-refractivity contribution in [2.75, 3.05) is 0 Å². The van der Waals surface area contributed by atoms with E-state index in [0.29, 0.717) is 16.9 Å². The summed E-state index contributed by atoms with van der Waals surface area (Å²) in [5.41, 5.74) is 1.21. The third-order valence-electron chi connectivity index (χ3n) is 2.48. The third-order valence-corrected chi connectivity index (χ3v) is 3.20. The van der Waals surface area contributed by atoms with Crippen LogP contribution in [-0.4, -0.2) is 11.8 Å². The Morgan fingerprint density at radius 3 is 1.84 bits per heavy atom. The molecule has 0 amide bonds. The van der Waals surface area contributed by atoms with E-state index in [1.165, 1.54) is 6.92 Å². The third kappa shape index (κ3) is 3.64. The number of ether oxygens (including phenoxy) is 1. The summed E-state index contributed by atoms with van der Waals surface area (Å²) in [6, 6.07) is 13.9. The summed E-state index contributed by atoms with van der Waals surface area (Å²) in [6.07, 6.45) is 0. The Bertz CT molecular complexity index is 600. The second kappa shape index (κ2) is 5.97. The van der Waals surface area contributed by atoms with Crippen molar-refractivity contribution in [2.24, 2.45) is 0 Å². The van der Waals surface area contributed by atoms with E-state index < -0.39 is 0 Å². The van der Waals surface area contributed by atoms with Crippen molar-refractivity contribution in [1.29, 1.82) is 0 Å². The Morgan fingerprint density at radius 1 is 0.895 bits per heavy atom. The molecule has 2 aromatic carbocycles. The number of esters is 1. The molecular weight excluding hydrogens is 355 g/mol. The molecule has 0 radical (unpaired) electrons. The van der Waals surface area contributed by atoms with E-state index >= 15 is 0 Å². The molecule has 0 aromatic heterocycles. The Labute approximate surface area is 124 Å². The molecule has 0 saturated heterocycles. The molecule has 0 saturated carbocycles. The minimum absolute atomic E-state index is 0.0502. The minimum Gasteiger partial charge on any atom is -0.427 e. The van der Waals surface area contributed by atoms with Crippen LogP contribution in [0.4, 0.5) is 0 Å². The van der Waals surface area contributed by atoms with E-state index in [2.05, 4.69) is 22.6 Å². The normalized spacial score (nSPS) is 10.0.